The second-order valence-corrected chi connectivity index (χ2v) is 6.72. The van der Waals surface area contributed by atoms with Gasteiger partial charge in [-0.05, 0) is 38.5 Å². The number of carbonyl (C=O) groups is 1. The summed E-state index contributed by atoms with van der Waals surface area (Å²) in [5.74, 6) is 0.514. The van der Waals surface area contributed by atoms with Crippen molar-refractivity contribution in [2.75, 3.05) is 0 Å². The Hall–Kier alpha value is -2.86. The Morgan fingerprint density at radius 2 is 2.07 bits per heavy atom. The van der Waals surface area contributed by atoms with Crippen LogP contribution in [0.2, 0.25) is 5.02 Å². The summed E-state index contributed by atoms with van der Waals surface area (Å²) in [5.41, 5.74) is 4.45. The summed E-state index contributed by atoms with van der Waals surface area (Å²) >= 11 is 6.24. The minimum Gasteiger partial charge on any atom is -0.361 e. The molecule has 2 aromatic heterocycles. The fraction of sp³-hybridized carbons (Fsp3) is 0.250. The van der Waals surface area contributed by atoms with Crippen molar-refractivity contribution < 1.29 is 9.32 Å². The van der Waals surface area contributed by atoms with Crippen molar-refractivity contribution in [2.45, 2.75) is 33.9 Å². The number of hydrogen-bond acceptors (Lipinski definition) is 4. The fourth-order valence-corrected chi connectivity index (χ4v) is 2.99. The molecule has 27 heavy (non-hydrogen) atoms. The third kappa shape index (κ3) is 4.65. The lowest BCUT2D eigenvalue weighted by atomic mass is 10.1. The Balaban J connectivity index is 1.67. The van der Waals surface area contributed by atoms with Crippen molar-refractivity contribution in [3.8, 4) is 0 Å². The summed E-state index contributed by atoms with van der Waals surface area (Å²) in [6.07, 6.45) is 3.29. The third-order valence-corrected chi connectivity index (χ3v) is 4.61. The number of hydrogen-bond donors (Lipinski definition) is 1. The first kappa shape index (κ1) is 18.9. The molecular formula is C20H21ClN4O2. The van der Waals surface area contributed by atoms with Crippen molar-refractivity contribution in [3.63, 3.8) is 0 Å². The van der Waals surface area contributed by atoms with Crippen LogP contribution in [0.5, 0.6) is 0 Å². The maximum absolute atomic E-state index is 12.1. The predicted molar refractivity (Wildman–Crippen MR) is 104 cm³/mol. The number of halogens is 1. The van der Waals surface area contributed by atoms with Crippen LogP contribution < -0.4 is 5.32 Å². The first-order valence-corrected chi connectivity index (χ1v) is 8.97. The van der Waals surface area contributed by atoms with E-state index in [1.165, 1.54) is 6.08 Å². The summed E-state index contributed by atoms with van der Waals surface area (Å²) < 4.78 is 6.87. The van der Waals surface area contributed by atoms with Gasteiger partial charge in [0.25, 0.3) is 0 Å². The molecule has 0 atom stereocenters. The maximum atomic E-state index is 12.1. The van der Waals surface area contributed by atoms with Crippen LogP contribution >= 0.6 is 11.6 Å². The quantitative estimate of drug-likeness (QED) is 0.655. The SMILES string of the molecule is Cc1cc(CNC(=O)/C=C/c2c(C)nn(Cc3ccccc3Cl)c2C)no1. The minimum absolute atomic E-state index is 0.201. The molecule has 0 saturated heterocycles. The predicted octanol–water partition coefficient (Wildman–Crippen LogP) is 3.83. The smallest absolute Gasteiger partial charge is 0.244 e. The van der Waals surface area contributed by atoms with Gasteiger partial charge in [0, 0.05) is 28.4 Å². The molecule has 140 valence electrons. The van der Waals surface area contributed by atoms with Crippen molar-refractivity contribution in [1.29, 1.82) is 0 Å². The van der Waals surface area contributed by atoms with E-state index in [-0.39, 0.29) is 5.91 Å². The maximum Gasteiger partial charge on any atom is 0.244 e. The second kappa shape index (κ2) is 8.22. The Morgan fingerprint density at radius 3 is 2.78 bits per heavy atom. The summed E-state index contributed by atoms with van der Waals surface area (Å²) in [6, 6.07) is 9.49. The lowest BCUT2D eigenvalue weighted by molar-refractivity contribution is -0.116. The Kier molecular flexibility index (Phi) is 5.76. The molecule has 3 aromatic rings. The molecule has 0 aliphatic carbocycles. The van der Waals surface area contributed by atoms with Gasteiger partial charge in [-0.25, -0.2) is 0 Å². The molecule has 7 heteroatoms. The van der Waals surface area contributed by atoms with E-state index in [0.29, 0.717) is 29.6 Å². The van der Waals surface area contributed by atoms with E-state index in [1.54, 1.807) is 12.1 Å². The van der Waals surface area contributed by atoms with Gasteiger partial charge >= 0.3 is 0 Å². The van der Waals surface area contributed by atoms with Crippen LogP contribution in [0.1, 0.15) is 34.0 Å². The molecule has 0 spiro atoms. The summed E-state index contributed by atoms with van der Waals surface area (Å²) in [7, 11) is 0. The van der Waals surface area contributed by atoms with Crippen LogP contribution in [0, 0.1) is 20.8 Å². The van der Waals surface area contributed by atoms with Crippen LogP contribution in [0.15, 0.2) is 40.9 Å². The molecule has 6 nitrogen and oxygen atoms in total. The highest BCUT2D eigenvalue weighted by Crippen LogP contribution is 2.20. The lowest BCUT2D eigenvalue weighted by Gasteiger charge is -2.06. The van der Waals surface area contributed by atoms with E-state index >= 15 is 0 Å². The Bertz CT molecular complexity index is 988. The van der Waals surface area contributed by atoms with E-state index in [0.717, 1.165) is 22.5 Å². The van der Waals surface area contributed by atoms with E-state index in [1.807, 2.05) is 49.7 Å². The zero-order valence-corrected chi connectivity index (χ0v) is 16.2. The number of aromatic nitrogens is 3. The van der Waals surface area contributed by atoms with Gasteiger partial charge in [0.1, 0.15) is 11.5 Å². The molecule has 0 aliphatic rings. The van der Waals surface area contributed by atoms with Crippen LogP contribution in [0.4, 0.5) is 0 Å². The Labute approximate surface area is 162 Å². The molecule has 0 fully saturated rings. The van der Waals surface area contributed by atoms with Gasteiger partial charge < -0.3 is 9.84 Å². The minimum atomic E-state index is -0.201. The average Bonchev–Trinajstić information content (AvgIpc) is 3.17. The topological polar surface area (TPSA) is 73.0 Å². The number of nitrogens with zero attached hydrogens (tertiary/aromatic N) is 3. The normalized spacial score (nSPS) is 11.3. The van der Waals surface area contributed by atoms with Crippen LogP contribution in [0.25, 0.3) is 6.08 Å². The fourth-order valence-electron chi connectivity index (χ4n) is 2.79. The molecule has 0 bridgehead atoms. The molecule has 0 radical (unpaired) electrons. The van der Waals surface area contributed by atoms with Crippen molar-refractivity contribution >= 4 is 23.6 Å². The molecule has 0 saturated carbocycles. The number of amides is 1. The summed E-state index contributed by atoms with van der Waals surface area (Å²) in [5, 5.41) is 11.9. The molecular weight excluding hydrogens is 364 g/mol. The second-order valence-electron chi connectivity index (χ2n) is 6.31. The number of aryl methyl sites for hydroxylation is 2. The standard InChI is InChI=1S/C20H21ClN4O2/c1-13-10-17(24-27-13)11-22-20(26)9-8-18-14(2)23-25(15(18)3)12-16-6-4-5-7-19(16)21/h4-10H,11-12H2,1-3H3,(H,22,26)/b9-8+. The van der Waals surface area contributed by atoms with E-state index in [9.17, 15) is 4.79 Å². The van der Waals surface area contributed by atoms with Crippen molar-refractivity contribution in [3.05, 3.63) is 75.4 Å². The largest absolute Gasteiger partial charge is 0.361 e. The van der Waals surface area contributed by atoms with Gasteiger partial charge in [0.2, 0.25) is 5.91 Å². The highest BCUT2D eigenvalue weighted by molar-refractivity contribution is 6.31. The number of rotatable bonds is 6. The van der Waals surface area contributed by atoms with Crippen molar-refractivity contribution in [2.24, 2.45) is 0 Å². The molecule has 0 aliphatic heterocycles. The van der Waals surface area contributed by atoms with Gasteiger partial charge in [0.15, 0.2) is 0 Å². The first-order valence-electron chi connectivity index (χ1n) is 8.59. The molecule has 1 N–H and O–H groups in total. The number of nitrogens with one attached hydrogen (secondary N) is 1. The lowest BCUT2D eigenvalue weighted by Crippen LogP contribution is -2.20. The molecule has 0 unspecified atom stereocenters. The van der Waals surface area contributed by atoms with Gasteiger partial charge in [-0.2, -0.15) is 5.10 Å². The van der Waals surface area contributed by atoms with E-state index in [4.69, 9.17) is 16.1 Å². The van der Waals surface area contributed by atoms with Crippen LogP contribution in [-0.2, 0) is 17.9 Å². The van der Waals surface area contributed by atoms with Gasteiger partial charge in [0.05, 0.1) is 18.8 Å². The molecule has 1 aromatic carbocycles. The van der Waals surface area contributed by atoms with Crippen LogP contribution in [-0.4, -0.2) is 20.8 Å². The highest BCUT2D eigenvalue weighted by Gasteiger charge is 2.11. The highest BCUT2D eigenvalue weighted by atomic mass is 35.5. The molecule has 2 heterocycles. The van der Waals surface area contributed by atoms with E-state index < -0.39 is 0 Å². The molecule has 3 rings (SSSR count). The zero-order chi connectivity index (χ0) is 19.4. The van der Waals surface area contributed by atoms with Gasteiger partial charge in [-0.1, -0.05) is 35.0 Å². The summed E-state index contributed by atoms with van der Waals surface area (Å²) in [6.45, 7) is 6.62. The number of carbonyl (C=O) groups excluding carboxylic acids is 1. The first-order chi connectivity index (χ1) is 12.9. The van der Waals surface area contributed by atoms with Crippen LogP contribution in [0.3, 0.4) is 0 Å². The van der Waals surface area contributed by atoms with Crippen molar-refractivity contribution in [1.82, 2.24) is 20.3 Å². The zero-order valence-electron chi connectivity index (χ0n) is 15.5. The monoisotopic (exact) mass is 384 g/mol. The van der Waals surface area contributed by atoms with Gasteiger partial charge in [-0.15, -0.1) is 0 Å². The van der Waals surface area contributed by atoms with E-state index in [2.05, 4.69) is 15.6 Å². The molecule has 1 amide bonds. The third-order valence-electron chi connectivity index (χ3n) is 4.24. The average molecular weight is 385 g/mol. The summed E-state index contributed by atoms with van der Waals surface area (Å²) in [4.78, 5) is 12.1. The van der Waals surface area contributed by atoms with Gasteiger partial charge in [-0.3, -0.25) is 9.48 Å². The number of benzene rings is 1. The Morgan fingerprint density at radius 1 is 1.30 bits per heavy atom.